The molecule has 0 unspecified atom stereocenters. The summed E-state index contributed by atoms with van der Waals surface area (Å²) in [7, 11) is 0. The second-order valence-corrected chi connectivity index (χ2v) is 13.2. The molecule has 0 saturated heterocycles. The Bertz CT molecular complexity index is 1710. The van der Waals surface area contributed by atoms with E-state index in [1.165, 1.54) is 16.7 Å². The topological polar surface area (TPSA) is 39.5 Å². The average molecular weight is 687 g/mol. The number of hydrogen-bond acceptors (Lipinski definition) is 4. The van der Waals surface area contributed by atoms with Gasteiger partial charge in [-0.2, -0.15) is 0 Å². The number of unbranched alkanes of at least 4 members (excludes halogenated alkanes) is 1. The molecule has 1 aromatic heterocycles. The van der Waals surface area contributed by atoms with Gasteiger partial charge in [0.1, 0.15) is 17.3 Å². The summed E-state index contributed by atoms with van der Waals surface area (Å²) in [5, 5.41) is 1.51. The monoisotopic (exact) mass is 685 g/mol. The summed E-state index contributed by atoms with van der Waals surface area (Å²) in [5.74, 6) is 2.78. The summed E-state index contributed by atoms with van der Waals surface area (Å²) in [4.78, 5) is 7.59. The summed E-state index contributed by atoms with van der Waals surface area (Å²) >= 11 is 12.2. The van der Waals surface area contributed by atoms with Crippen LogP contribution < -0.4 is 9.47 Å². The molecule has 0 aliphatic heterocycles. The molecule has 1 heterocycles. The molecule has 0 radical (unpaired) electrons. The molecule has 254 valence electrons. The van der Waals surface area contributed by atoms with Crippen LogP contribution in [0, 0.1) is 0 Å². The maximum Gasteiger partial charge on any atom is 0.141 e. The van der Waals surface area contributed by atoms with Gasteiger partial charge in [-0.3, -0.25) is 0 Å². The van der Waals surface area contributed by atoms with Gasteiger partial charge in [0.25, 0.3) is 0 Å². The first kappa shape index (κ1) is 35.8. The minimum Gasteiger partial charge on any atom is -0.493 e. The van der Waals surface area contributed by atoms with Crippen LogP contribution in [0.15, 0.2) is 84.9 Å². The first-order chi connectivity index (χ1) is 23.5. The number of ether oxygens (including phenoxy) is 2. The van der Waals surface area contributed by atoms with Crippen molar-refractivity contribution >= 4 is 34.2 Å². The maximum absolute atomic E-state index is 6.54. The zero-order valence-corrected chi connectivity index (χ0v) is 30.2. The Morgan fingerprint density at radius 1 is 0.688 bits per heavy atom. The highest BCUT2D eigenvalue weighted by Crippen LogP contribution is 2.32. The molecule has 0 N–H and O–H groups in total. The second kappa shape index (κ2) is 18.3. The number of fused-ring (bicyclic) bond motifs is 1. The van der Waals surface area contributed by atoms with Crippen molar-refractivity contribution in [2.75, 3.05) is 32.8 Å². The zero-order valence-electron chi connectivity index (χ0n) is 28.7. The summed E-state index contributed by atoms with van der Waals surface area (Å²) in [5.41, 5.74) is 6.85. The van der Waals surface area contributed by atoms with Crippen molar-refractivity contribution in [2.45, 2.75) is 72.3 Å². The minimum absolute atomic E-state index is 0.580. The quantitative estimate of drug-likeness (QED) is 0.0811. The minimum atomic E-state index is 0.580. The van der Waals surface area contributed by atoms with Crippen LogP contribution in [0.4, 0.5) is 0 Å². The molecule has 5 rings (SSSR count). The number of benzene rings is 4. The predicted octanol–water partition coefficient (Wildman–Crippen LogP) is 10.7. The molecular formula is C41H49Cl2N3O2. The third-order valence-corrected chi connectivity index (χ3v) is 9.45. The summed E-state index contributed by atoms with van der Waals surface area (Å²) < 4.78 is 15.1. The lowest BCUT2D eigenvalue weighted by Crippen LogP contribution is -2.25. The molecule has 5 aromatic rings. The van der Waals surface area contributed by atoms with E-state index in [0.29, 0.717) is 13.2 Å². The number of imidazole rings is 1. The molecule has 0 fully saturated rings. The van der Waals surface area contributed by atoms with Crippen molar-refractivity contribution in [1.82, 2.24) is 14.5 Å². The molecule has 4 aromatic carbocycles. The molecule has 7 heteroatoms. The van der Waals surface area contributed by atoms with E-state index in [1.54, 1.807) is 0 Å². The Labute approximate surface area is 296 Å². The van der Waals surface area contributed by atoms with Crippen LogP contribution in [-0.2, 0) is 25.8 Å². The molecule has 48 heavy (non-hydrogen) atoms. The zero-order chi connectivity index (χ0) is 33.7. The average Bonchev–Trinajstić information content (AvgIpc) is 3.47. The molecule has 0 spiro atoms. The van der Waals surface area contributed by atoms with Crippen molar-refractivity contribution in [2.24, 2.45) is 0 Å². The van der Waals surface area contributed by atoms with Crippen molar-refractivity contribution in [3.63, 3.8) is 0 Å². The highest BCUT2D eigenvalue weighted by Gasteiger charge is 2.16. The predicted molar refractivity (Wildman–Crippen MR) is 202 cm³/mol. The Hall–Kier alpha value is -3.51. The van der Waals surface area contributed by atoms with E-state index in [0.717, 1.165) is 115 Å². The second-order valence-electron chi connectivity index (χ2n) is 12.3. The summed E-state index contributed by atoms with van der Waals surface area (Å²) in [6, 6.07) is 29.1. The molecule has 0 bridgehead atoms. The smallest absolute Gasteiger partial charge is 0.141 e. The molecular weight excluding hydrogens is 637 g/mol. The molecule has 5 nitrogen and oxygen atoms in total. The fourth-order valence-electron chi connectivity index (χ4n) is 6.07. The van der Waals surface area contributed by atoms with E-state index in [9.17, 15) is 0 Å². The van der Waals surface area contributed by atoms with Crippen LogP contribution in [0.25, 0.3) is 22.4 Å². The van der Waals surface area contributed by atoms with Gasteiger partial charge in [0.05, 0.1) is 24.2 Å². The molecule has 0 saturated carbocycles. The fourth-order valence-corrected chi connectivity index (χ4v) is 6.32. The number of hydrogen-bond donors (Lipinski definition) is 0. The Morgan fingerprint density at radius 2 is 1.40 bits per heavy atom. The Morgan fingerprint density at radius 3 is 2.08 bits per heavy atom. The normalized spacial score (nSPS) is 11.5. The van der Waals surface area contributed by atoms with Gasteiger partial charge in [-0.1, -0.05) is 86.8 Å². The van der Waals surface area contributed by atoms with Crippen molar-refractivity contribution in [3.8, 4) is 22.9 Å². The van der Waals surface area contributed by atoms with Gasteiger partial charge < -0.3 is 18.9 Å². The molecule has 0 amide bonds. The van der Waals surface area contributed by atoms with Crippen LogP contribution in [0.5, 0.6) is 11.5 Å². The number of aryl methyl sites for hydroxylation is 3. The van der Waals surface area contributed by atoms with E-state index in [4.69, 9.17) is 37.7 Å². The van der Waals surface area contributed by atoms with Gasteiger partial charge in [-0.05, 0) is 104 Å². The van der Waals surface area contributed by atoms with Gasteiger partial charge in [0, 0.05) is 41.2 Å². The summed E-state index contributed by atoms with van der Waals surface area (Å²) in [6.45, 7) is 12.0. The highest BCUT2D eigenvalue weighted by molar-refractivity contribution is 6.30. The van der Waals surface area contributed by atoms with E-state index < -0.39 is 0 Å². The fraction of sp³-hybridized carbons (Fsp3) is 0.390. The first-order valence-electron chi connectivity index (χ1n) is 17.6. The van der Waals surface area contributed by atoms with Gasteiger partial charge in [-0.25, -0.2) is 4.98 Å². The van der Waals surface area contributed by atoms with Crippen LogP contribution in [0.2, 0.25) is 10.0 Å². The van der Waals surface area contributed by atoms with Gasteiger partial charge in [-0.15, -0.1) is 0 Å². The number of nitrogens with zero attached hydrogens (tertiary/aromatic N) is 3. The van der Waals surface area contributed by atoms with E-state index >= 15 is 0 Å². The number of rotatable bonds is 19. The van der Waals surface area contributed by atoms with Gasteiger partial charge in [0.2, 0.25) is 0 Å². The van der Waals surface area contributed by atoms with Crippen LogP contribution in [0.1, 0.15) is 63.1 Å². The Kier molecular flexibility index (Phi) is 13.6. The van der Waals surface area contributed by atoms with Crippen molar-refractivity contribution in [3.05, 3.63) is 112 Å². The van der Waals surface area contributed by atoms with Crippen LogP contribution in [0.3, 0.4) is 0 Å². The standard InChI is InChI=1S/C41H49Cl2N3O2/c1-4-7-26-46-39-30-37(47-27-9-25-45(5-2)6-3)22-23-38(39)44-41(46)34-17-16-33(11-8-10-31-12-18-35(42)19-13-31)40(29-34)48-28-24-32-14-20-36(43)21-15-32/h12-23,29-30H,4-11,24-28H2,1-3H3. The molecule has 0 aliphatic rings. The maximum atomic E-state index is 6.54. The Balaban J connectivity index is 1.38. The third-order valence-electron chi connectivity index (χ3n) is 8.95. The highest BCUT2D eigenvalue weighted by atomic mass is 35.5. The van der Waals surface area contributed by atoms with Crippen molar-refractivity contribution < 1.29 is 9.47 Å². The van der Waals surface area contributed by atoms with Crippen LogP contribution in [-0.4, -0.2) is 47.3 Å². The van der Waals surface area contributed by atoms with Crippen LogP contribution >= 0.6 is 23.2 Å². The lowest BCUT2D eigenvalue weighted by atomic mass is 10.0. The largest absolute Gasteiger partial charge is 0.493 e. The van der Waals surface area contributed by atoms with Gasteiger partial charge >= 0.3 is 0 Å². The van der Waals surface area contributed by atoms with Gasteiger partial charge in [0.15, 0.2) is 0 Å². The molecule has 0 atom stereocenters. The number of aromatic nitrogens is 2. The number of halogens is 2. The van der Waals surface area contributed by atoms with Crippen molar-refractivity contribution in [1.29, 1.82) is 0 Å². The first-order valence-corrected chi connectivity index (χ1v) is 18.3. The van der Waals surface area contributed by atoms with E-state index in [1.807, 2.05) is 24.3 Å². The lowest BCUT2D eigenvalue weighted by Gasteiger charge is -2.17. The summed E-state index contributed by atoms with van der Waals surface area (Å²) in [6.07, 6.45) is 6.90. The molecule has 0 aliphatic carbocycles. The lowest BCUT2D eigenvalue weighted by molar-refractivity contribution is 0.249. The SMILES string of the molecule is CCCCn1c(-c2ccc(CCCc3ccc(Cl)cc3)c(OCCc3ccc(Cl)cc3)c2)nc2ccc(OCCCN(CC)CC)cc21. The van der Waals surface area contributed by atoms with E-state index in [-0.39, 0.29) is 0 Å². The third kappa shape index (κ3) is 10.0. The van der Waals surface area contributed by atoms with E-state index in [2.05, 4.69) is 90.9 Å².